The summed E-state index contributed by atoms with van der Waals surface area (Å²) < 4.78 is 0. The molecule has 160 valence electrons. The van der Waals surface area contributed by atoms with E-state index in [-0.39, 0.29) is 17.7 Å². The fourth-order valence-corrected chi connectivity index (χ4v) is 4.51. The number of hydrogen-bond acceptors (Lipinski definition) is 3. The Morgan fingerprint density at radius 3 is 1.91 bits per heavy atom. The lowest BCUT2D eigenvalue weighted by Crippen LogP contribution is -2.51. The Balaban J connectivity index is 1.40. The van der Waals surface area contributed by atoms with Gasteiger partial charge in [-0.25, -0.2) is 0 Å². The topological polar surface area (TPSA) is 66.5 Å². The van der Waals surface area contributed by atoms with Crippen molar-refractivity contribution in [2.75, 3.05) is 6.54 Å². The van der Waals surface area contributed by atoms with E-state index in [1.54, 1.807) is 24.3 Å². The van der Waals surface area contributed by atoms with Crippen LogP contribution in [0.5, 0.6) is 0 Å². The molecule has 1 heterocycles. The third-order valence-corrected chi connectivity index (χ3v) is 6.55. The summed E-state index contributed by atoms with van der Waals surface area (Å²) in [6, 6.07) is 25.5. The zero-order valence-electron chi connectivity index (χ0n) is 17.7. The highest BCUT2D eigenvalue weighted by molar-refractivity contribution is 6.22. The zero-order valence-corrected chi connectivity index (χ0v) is 17.7. The zero-order chi connectivity index (χ0) is 22.1. The summed E-state index contributed by atoms with van der Waals surface area (Å²) in [4.78, 5) is 40.8. The van der Waals surface area contributed by atoms with Gasteiger partial charge in [-0.05, 0) is 36.1 Å². The normalized spacial score (nSPS) is 17.1. The number of imide groups is 1. The Morgan fingerprint density at radius 2 is 1.34 bits per heavy atom. The van der Waals surface area contributed by atoms with Crippen LogP contribution >= 0.6 is 0 Å². The van der Waals surface area contributed by atoms with E-state index in [1.165, 1.54) is 5.56 Å². The first-order chi connectivity index (χ1) is 15.6. The molecule has 0 aromatic heterocycles. The number of fused-ring (bicyclic) bond motifs is 1. The summed E-state index contributed by atoms with van der Waals surface area (Å²) in [5, 5.41) is 3.06. The fourth-order valence-electron chi connectivity index (χ4n) is 4.51. The molecule has 3 aromatic carbocycles. The lowest BCUT2D eigenvalue weighted by molar-refractivity contribution is -0.125. The molecule has 1 N–H and O–H groups in total. The van der Waals surface area contributed by atoms with E-state index in [0.717, 1.165) is 23.3 Å². The van der Waals surface area contributed by atoms with Gasteiger partial charge in [0.25, 0.3) is 11.8 Å². The van der Waals surface area contributed by atoms with E-state index in [0.29, 0.717) is 17.7 Å². The van der Waals surface area contributed by atoms with Gasteiger partial charge < -0.3 is 5.32 Å². The summed E-state index contributed by atoms with van der Waals surface area (Å²) in [5.74, 6) is -1.12. The van der Waals surface area contributed by atoms with Crippen molar-refractivity contribution < 1.29 is 14.4 Å². The van der Waals surface area contributed by atoms with Gasteiger partial charge in [-0.1, -0.05) is 72.8 Å². The minimum absolute atomic E-state index is 0.0593. The van der Waals surface area contributed by atoms with Gasteiger partial charge in [0.05, 0.1) is 11.1 Å². The number of carbonyl (C=O) groups is 3. The van der Waals surface area contributed by atoms with Crippen LogP contribution in [0.4, 0.5) is 0 Å². The number of benzene rings is 3. The van der Waals surface area contributed by atoms with Gasteiger partial charge in [0.2, 0.25) is 5.91 Å². The second kappa shape index (κ2) is 8.08. The Labute approximate surface area is 187 Å². The van der Waals surface area contributed by atoms with Gasteiger partial charge in [0.1, 0.15) is 6.04 Å². The molecule has 32 heavy (non-hydrogen) atoms. The van der Waals surface area contributed by atoms with Crippen molar-refractivity contribution in [3.63, 3.8) is 0 Å². The van der Waals surface area contributed by atoms with Crippen LogP contribution in [0.1, 0.15) is 44.7 Å². The van der Waals surface area contributed by atoms with Gasteiger partial charge in [-0.2, -0.15) is 0 Å². The van der Waals surface area contributed by atoms with Crippen LogP contribution in [0.25, 0.3) is 0 Å². The third kappa shape index (κ3) is 3.60. The SMILES string of the molecule is O=C(NCC1(c2ccccc2)CC1)[C@@H](Cc1ccccc1)N1C(=O)c2ccccc2C1=O. The van der Waals surface area contributed by atoms with Crippen molar-refractivity contribution in [2.24, 2.45) is 0 Å². The van der Waals surface area contributed by atoms with Crippen molar-refractivity contribution in [2.45, 2.75) is 30.7 Å². The van der Waals surface area contributed by atoms with Crippen LogP contribution < -0.4 is 5.32 Å². The Bertz CT molecular complexity index is 1130. The molecule has 1 fully saturated rings. The lowest BCUT2D eigenvalue weighted by Gasteiger charge is -2.27. The smallest absolute Gasteiger partial charge is 0.262 e. The fraction of sp³-hybridized carbons (Fsp3) is 0.222. The molecule has 2 aliphatic rings. The number of carbonyl (C=O) groups excluding carboxylic acids is 3. The Hall–Kier alpha value is -3.73. The molecule has 0 bridgehead atoms. The average Bonchev–Trinajstić information content (AvgIpc) is 3.59. The molecule has 0 unspecified atom stereocenters. The van der Waals surface area contributed by atoms with Crippen molar-refractivity contribution in [1.29, 1.82) is 0 Å². The first-order valence-electron chi connectivity index (χ1n) is 10.9. The molecular weight excluding hydrogens is 400 g/mol. The van der Waals surface area contributed by atoms with Gasteiger partial charge in [0.15, 0.2) is 0 Å². The standard InChI is InChI=1S/C27H24N2O3/c30-24(28-18-27(15-16-27)20-11-5-2-6-12-20)23(17-19-9-3-1-4-10-19)29-25(31)21-13-7-8-14-22(21)26(29)32/h1-14,23H,15-18H2,(H,28,30)/t23-/m1/s1. The minimum Gasteiger partial charge on any atom is -0.353 e. The summed E-state index contributed by atoms with van der Waals surface area (Å²) in [5.41, 5.74) is 2.75. The van der Waals surface area contributed by atoms with E-state index < -0.39 is 17.9 Å². The number of rotatable bonds is 7. The molecule has 0 spiro atoms. The molecule has 1 atom stereocenters. The van der Waals surface area contributed by atoms with Gasteiger partial charge in [-0.3, -0.25) is 19.3 Å². The second-order valence-electron chi connectivity index (χ2n) is 8.60. The van der Waals surface area contributed by atoms with Crippen molar-refractivity contribution in [3.8, 4) is 0 Å². The summed E-state index contributed by atoms with van der Waals surface area (Å²) in [6.07, 6.45) is 2.29. The highest BCUT2D eigenvalue weighted by Gasteiger charge is 2.46. The van der Waals surface area contributed by atoms with Gasteiger partial charge in [0, 0.05) is 18.4 Å². The van der Waals surface area contributed by atoms with E-state index in [9.17, 15) is 14.4 Å². The first kappa shape index (κ1) is 20.2. The van der Waals surface area contributed by atoms with Gasteiger partial charge >= 0.3 is 0 Å². The van der Waals surface area contributed by atoms with E-state index in [2.05, 4.69) is 17.4 Å². The average molecular weight is 425 g/mol. The Kier molecular flexibility index (Phi) is 5.10. The minimum atomic E-state index is -0.906. The largest absolute Gasteiger partial charge is 0.353 e. The quantitative estimate of drug-likeness (QED) is 0.588. The molecule has 5 heteroatoms. The molecule has 5 nitrogen and oxygen atoms in total. The van der Waals surface area contributed by atoms with E-state index in [1.807, 2.05) is 48.5 Å². The highest BCUT2D eigenvalue weighted by Crippen LogP contribution is 2.47. The highest BCUT2D eigenvalue weighted by atomic mass is 16.2. The van der Waals surface area contributed by atoms with E-state index in [4.69, 9.17) is 0 Å². The number of amides is 3. The summed E-state index contributed by atoms with van der Waals surface area (Å²) in [7, 11) is 0. The predicted molar refractivity (Wildman–Crippen MR) is 121 cm³/mol. The molecule has 1 aliphatic heterocycles. The van der Waals surface area contributed by atoms with Crippen molar-refractivity contribution in [3.05, 3.63) is 107 Å². The molecule has 3 amide bonds. The number of hydrogen-bond donors (Lipinski definition) is 1. The van der Waals surface area contributed by atoms with Crippen LogP contribution in [-0.4, -0.2) is 35.2 Å². The maximum atomic E-state index is 13.4. The maximum absolute atomic E-state index is 13.4. The van der Waals surface area contributed by atoms with Gasteiger partial charge in [-0.15, -0.1) is 0 Å². The molecule has 1 aliphatic carbocycles. The number of nitrogens with one attached hydrogen (secondary N) is 1. The Morgan fingerprint density at radius 1 is 0.812 bits per heavy atom. The van der Waals surface area contributed by atoms with Crippen LogP contribution in [0.2, 0.25) is 0 Å². The molecule has 0 saturated heterocycles. The van der Waals surface area contributed by atoms with Crippen LogP contribution in [-0.2, 0) is 16.6 Å². The van der Waals surface area contributed by atoms with Crippen molar-refractivity contribution in [1.82, 2.24) is 10.2 Å². The molecule has 3 aromatic rings. The molecular formula is C27H24N2O3. The lowest BCUT2D eigenvalue weighted by atomic mass is 9.95. The van der Waals surface area contributed by atoms with Crippen LogP contribution in [0.3, 0.4) is 0 Å². The first-order valence-corrected chi connectivity index (χ1v) is 10.9. The maximum Gasteiger partial charge on any atom is 0.262 e. The molecule has 1 saturated carbocycles. The molecule has 0 radical (unpaired) electrons. The predicted octanol–water partition coefficient (Wildman–Crippen LogP) is 3.74. The summed E-state index contributed by atoms with van der Waals surface area (Å²) in [6.45, 7) is 0.490. The molecule has 5 rings (SSSR count). The monoisotopic (exact) mass is 424 g/mol. The van der Waals surface area contributed by atoms with Crippen LogP contribution in [0.15, 0.2) is 84.9 Å². The second-order valence-corrected chi connectivity index (χ2v) is 8.60. The summed E-state index contributed by atoms with van der Waals surface area (Å²) >= 11 is 0. The number of nitrogens with zero attached hydrogens (tertiary/aromatic N) is 1. The van der Waals surface area contributed by atoms with Crippen LogP contribution in [0, 0.1) is 0 Å². The van der Waals surface area contributed by atoms with Crippen molar-refractivity contribution >= 4 is 17.7 Å². The third-order valence-electron chi connectivity index (χ3n) is 6.55. The van der Waals surface area contributed by atoms with E-state index >= 15 is 0 Å².